The summed E-state index contributed by atoms with van der Waals surface area (Å²) in [7, 11) is 0. The van der Waals surface area contributed by atoms with Crippen molar-refractivity contribution < 1.29 is 4.92 Å². The Morgan fingerprint density at radius 1 is 0.452 bits per heavy atom. The molecule has 0 radical (unpaired) electrons. The van der Waals surface area contributed by atoms with Gasteiger partial charge in [-0.05, 0) is 90.3 Å². The largest absolute Gasteiger partial charge is 0.310 e. The van der Waals surface area contributed by atoms with Crippen molar-refractivity contribution in [1.29, 1.82) is 0 Å². The number of anilines is 6. The lowest BCUT2D eigenvalue weighted by atomic mass is 10.0. The first-order chi connectivity index (χ1) is 20.6. The molecule has 0 aliphatic rings. The number of para-hydroxylation sites is 3. The first-order valence-corrected chi connectivity index (χ1v) is 13.8. The second-order valence-electron chi connectivity index (χ2n) is 10.00. The standard InChI is InChI=1S/C37H29N3O2/c1-28-10-8-9-15-37(28)39(32-13-6-3-7-14-32)35-22-18-30(19-23-35)29-16-20-33(21-17-29)38(31-11-4-2-5-12-31)34-24-26-36(27-25-34)40(41)42/h2-27H,1H3. The van der Waals surface area contributed by atoms with Gasteiger partial charge in [-0.15, -0.1) is 0 Å². The van der Waals surface area contributed by atoms with E-state index in [-0.39, 0.29) is 10.6 Å². The Morgan fingerprint density at radius 3 is 1.31 bits per heavy atom. The van der Waals surface area contributed by atoms with Crippen LogP contribution in [-0.2, 0) is 0 Å². The minimum absolute atomic E-state index is 0.0683. The normalized spacial score (nSPS) is 10.7. The number of hydrogen-bond donors (Lipinski definition) is 0. The van der Waals surface area contributed by atoms with Crippen LogP contribution in [0.25, 0.3) is 11.1 Å². The highest BCUT2D eigenvalue weighted by Gasteiger charge is 2.16. The second kappa shape index (κ2) is 11.8. The van der Waals surface area contributed by atoms with Crippen molar-refractivity contribution in [3.63, 3.8) is 0 Å². The van der Waals surface area contributed by atoms with E-state index in [0.29, 0.717) is 0 Å². The van der Waals surface area contributed by atoms with E-state index in [1.165, 1.54) is 17.7 Å². The summed E-state index contributed by atoms with van der Waals surface area (Å²) >= 11 is 0. The number of hydrogen-bond acceptors (Lipinski definition) is 4. The van der Waals surface area contributed by atoms with Gasteiger partial charge in [0.15, 0.2) is 0 Å². The van der Waals surface area contributed by atoms with Gasteiger partial charge in [0, 0.05) is 46.3 Å². The molecule has 0 aliphatic carbocycles. The lowest BCUT2D eigenvalue weighted by molar-refractivity contribution is -0.384. The topological polar surface area (TPSA) is 49.6 Å². The molecule has 5 heteroatoms. The molecule has 5 nitrogen and oxygen atoms in total. The van der Waals surface area contributed by atoms with Gasteiger partial charge in [0.05, 0.1) is 4.92 Å². The number of nitrogens with zero attached hydrogens (tertiary/aromatic N) is 3. The third-order valence-corrected chi connectivity index (χ3v) is 7.29. The number of nitro benzene ring substituents is 1. The average molecular weight is 548 g/mol. The fraction of sp³-hybridized carbons (Fsp3) is 0.0270. The Bertz CT molecular complexity index is 1790. The number of aryl methyl sites for hydroxylation is 1. The molecule has 0 fully saturated rings. The Hall–Kier alpha value is -5.68. The quantitative estimate of drug-likeness (QED) is 0.140. The summed E-state index contributed by atoms with van der Waals surface area (Å²) in [6.07, 6.45) is 0. The van der Waals surface area contributed by atoms with Crippen LogP contribution >= 0.6 is 0 Å². The molecule has 0 unspecified atom stereocenters. The second-order valence-corrected chi connectivity index (χ2v) is 10.00. The van der Waals surface area contributed by atoms with E-state index in [9.17, 15) is 10.1 Å². The van der Waals surface area contributed by atoms with Gasteiger partial charge in [-0.2, -0.15) is 0 Å². The van der Waals surface area contributed by atoms with Gasteiger partial charge in [-0.3, -0.25) is 10.1 Å². The van der Waals surface area contributed by atoms with Crippen molar-refractivity contribution in [1.82, 2.24) is 0 Å². The monoisotopic (exact) mass is 547 g/mol. The highest BCUT2D eigenvalue weighted by Crippen LogP contribution is 2.39. The predicted molar refractivity (Wildman–Crippen MR) is 173 cm³/mol. The molecule has 0 N–H and O–H groups in total. The van der Waals surface area contributed by atoms with Crippen molar-refractivity contribution in [3.8, 4) is 11.1 Å². The number of benzene rings is 6. The van der Waals surface area contributed by atoms with Crippen molar-refractivity contribution in [2.45, 2.75) is 6.92 Å². The van der Waals surface area contributed by atoms with E-state index in [1.807, 2.05) is 36.4 Å². The van der Waals surface area contributed by atoms with Gasteiger partial charge in [0.25, 0.3) is 5.69 Å². The molecule has 0 aromatic heterocycles. The van der Waals surface area contributed by atoms with E-state index in [2.05, 4.69) is 114 Å². The molecule has 0 bridgehead atoms. The first-order valence-electron chi connectivity index (χ1n) is 13.8. The third-order valence-electron chi connectivity index (χ3n) is 7.29. The van der Waals surface area contributed by atoms with E-state index in [0.717, 1.165) is 45.3 Å². The Balaban J connectivity index is 1.32. The molecule has 0 amide bonds. The van der Waals surface area contributed by atoms with Crippen LogP contribution < -0.4 is 9.80 Å². The molecule has 6 rings (SSSR count). The third kappa shape index (κ3) is 5.49. The van der Waals surface area contributed by atoms with Crippen LogP contribution in [0.4, 0.5) is 39.8 Å². The fourth-order valence-electron chi connectivity index (χ4n) is 5.17. The molecule has 42 heavy (non-hydrogen) atoms. The van der Waals surface area contributed by atoms with Crippen molar-refractivity contribution in [3.05, 3.63) is 173 Å². The highest BCUT2D eigenvalue weighted by atomic mass is 16.6. The first kappa shape index (κ1) is 26.5. The zero-order valence-corrected chi connectivity index (χ0v) is 23.2. The zero-order chi connectivity index (χ0) is 28.9. The van der Waals surface area contributed by atoms with Crippen LogP contribution in [-0.4, -0.2) is 4.92 Å². The molecule has 0 aliphatic heterocycles. The Kier molecular flexibility index (Phi) is 7.47. The molecule has 6 aromatic carbocycles. The minimum Gasteiger partial charge on any atom is -0.310 e. The summed E-state index contributed by atoms with van der Waals surface area (Å²) in [5.74, 6) is 0. The number of rotatable bonds is 8. The lowest BCUT2D eigenvalue weighted by Gasteiger charge is -2.27. The van der Waals surface area contributed by atoms with Gasteiger partial charge in [0.1, 0.15) is 0 Å². The van der Waals surface area contributed by atoms with Crippen molar-refractivity contribution in [2.75, 3.05) is 9.80 Å². The maximum absolute atomic E-state index is 11.2. The van der Waals surface area contributed by atoms with Crippen LogP contribution in [0.2, 0.25) is 0 Å². The molecular weight excluding hydrogens is 518 g/mol. The molecule has 0 heterocycles. The van der Waals surface area contributed by atoms with Crippen LogP contribution in [0, 0.1) is 17.0 Å². The lowest BCUT2D eigenvalue weighted by Crippen LogP contribution is -2.11. The number of non-ortho nitro benzene ring substituents is 1. The van der Waals surface area contributed by atoms with E-state index < -0.39 is 0 Å². The SMILES string of the molecule is Cc1ccccc1N(c1ccccc1)c1ccc(-c2ccc(N(c3ccccc3)c3ccc([N+](=O)[O-])cc3)cc2)cc1. The smallest absolute Gasteiger partial charge is 0.269 e. The van der Waals surface area contributed by atoms with E-state index >= 15 is 0 Å². The summed E-state index contributed by atoms with van der Waals surface area (Å²) in [5, 5.41) is 11.2. The van der Waals surface area contributed by atoms with Crippen LogP contribution in [0.5, 0.6) is 0 Å². The van der Waals surface area contributed by atoms with Crippen LogP contribution in [0.3, 0.4) is 0 Å². The van der Waals surface area contributed by atoms with E-state index in [4.69, 9.17) is 0 Å². The summed E-state index contributed by atoms with van der Waals surface area (Å²) < 4.78 is 0. The van der Waals surface area contributed by atoms with Gasteiger partial charge < -0.3 is 9.80 Å². The maximum Gasteiger partial charge on any atom is 0.269 e. The van der Waals surface area contributed by atoms with Gasteiger partial charge in [0.2, 0.25) is 0 Å². The molecule has 0 spiro atoms. The molecule has 204 valence electrons. The highest BCUT2D eigenvalue weighted by molar-refractivity contribution is 5.81. The minimum atomic E-state index is -0.378. The molecular formula is C37H29N3O2. The Morgan fingerprint density at radius 2 is 0.833 bits per heavy atom. The van der Waals surface area contributed by atoms with Crippen molar-refractivity contribution >= 4 is 39.8 Å². The molecule has 6 aromatic rings. The molecule has 0 saturated heterocycles. The zero-order valence-electron chi connectivity index (χ0n) is 23.2. The Labute approximate surface area is 245 Å². The summed E-state index contributed by atoms with van der Waals surface area (Å²) in [6.45, 7) is 2.14. The number of nitro groups is 1. The molecule has 0 atom stereocenters. The maximum atomic E-state index is 11.2. The van der Waals surface area contributed by atoms with E-state index in [1.54, 1.807) is 12.1 Å². The van der Waals surface area contributed by atoms with Crippen LogP contribution in [0.15, 0.2) is 158 Å². The summed E-state index contributed by atoms with van der Waals surface area (Å²) in [4.78, 5) is 15.2. The predicted octanol–water partition coefficient (Wildman–Crippen LogP) is 10.5. The van der Waals surface area contributed by atoms with Gasteiger partial charge >= 0.3 is 0 Å². The molecule has 0 saturated carbocycles. The van der Waals surface area contributed by atoms with Crippen LogP contribution in [0.1, 0.15) is 5.56 Å². The van der Waals surface area contributed by atoms with Gasteiger partial charge in [-0.1, -0.05) is 78.9 Å². The van der Waals surface area contributed by atoms with Crippen molar-refractivity contribution in [2.24, 2.45) is 0 Å². The van der Waals surface area contributed by atoms with Gasteiger partial charge in [-0.25, -0.2) is 0 Å². The summed E-state index contributed by atoms with van der Waals surface area (Å²) in [6, 6.07) is 52.5. The average Bonchev–Trinajstić information content (AvgIpc) is 3.04. The fourth-order valence-corrected chi connectivity index (χ4v) is 5.17. The summed E-state index contributed by atoms with van der Waals surface area (Å²) in [5.41, 5.74) is 9.62.